The molecule has 1 unspecified atom stereocenters. The molecule has 0 bridgehead atoms. The van der Waals surface area contributed by atoms with E-state index in [0.29, 0.717) is 17.1 Å². The van der Waals surface area contributed by atoms with E-state index in [0.717, 1.165) is 18.4 Å². The summed E-state index contributed by atoms with van der Waals surface area (Å²) in [5, 5.41) is 0.937. The van der Waals surface area contributed by atoms with E-state index in [9.17, 15) is 4.79 Å². The van der Waals surface area contributed by atoms with Crippen LogP contribution >= 0.6 is 23.2 Å². The fourth-order valence-electron chi connectivity index (χ4n) is 2.78. The number of carbonyl (C=O) groups excluding carboxylic acids is 1. The van der Waals surface area contributed by atoms with Crippen molar-refractivity contribution in [1.29, 1.82) is 0 Å². The number of likely N-dealkylation sites (tertiary alicyclic amines) is 1. The summed E-state index contributed by atoms with van der Waals surface area (Å²) in [5.41, 5.74) is 1.43. The number of amides is 1. The Bertz CT molecular complexity index is 675. The van der Waals surface area contributed by atoms with Crippen LogP contribution in [-0.4, -0.2) is 22.3 Å². The Hall–Kier alpha value is -1.58. The van der Waals surface area contributed by atoms with Crippen LogP contribution in [0, 0.1) is 0 Å². The largest absolute Gasteiger partial charge is 0.331 e. The molecule has 21 heavy (non-hydrogen) atoms. The van der Waals surface area contributed by atoms with Gasteiger partial charge in [0.25, 0.3) is 5.91 Å². The van der Waals surface area contributed by atoms with Gasteiger partial charge in [-0.15, -0.1) is 0 Å². The standard InChI is InChI=1S/C16H14Cl2N2O/c17-13-7-2-1-5-11(13)14-8-4-10-20(14)16(21)12-6-3-9-19-15(12)18/h1-3,5-7,9,14H,4,8,10H2. The fraction of sp³-hybridized carbons (Fsp3) is 0.250. The molecule has 5 heteroatoms. The number of hydrogen-bond acceptors (Lipinski definition) is 2. The molecule has 0 aliphatic carbocycles. The van der Waals surface area contributed by atoms with Gasteiger partial charge in [-0.3, -0.25) is 4.79 Å². The second-order valence-electron chi connectivity index (χ2n) is 5.02. The minimum absolute atomic E-state index is 0.00229. The lowest BCUT2D eigenvalue weighted by Gasteiger charge is -2.26. The normalized spacial score (nSPS) is 18.0. The highest BCUT2D eigenvalue weighted by molar-refractivity contribution is 6.32. The third kappa shape index (κ3) is 2.76. The first-order chi connectivity index (χ1) is 10.2. The molecule has 0 radical (unpaired) electrons. The number of hydrogen-bond donors (Lipinski definition) is 0. The van der Waals surface area contributed by atoms with E-state index in [-0.39, 0.29) is 17.1 Å². The second-order valence-corrected chi connectivity index (χ2v) is 5.79. The van der Waals surface area contributed by atoms with Gasteiger partial charge in [0.1, 0.15) is 5.15 Å². The third-order valence-corrected chi connectivity index (χ3v) is 4.41. The van der Waals surface area contributed by atoms with Gasteiger partial charge in [0.15, 0.2) is 0 Å². The van der Waals surface area contributed by atoms with E-state index in [1.807, 2.05) is 29.2 Å². The summed E-state index contributed by atoms with van der Waals surface area (Å²) in [6.45, 7) is 0.708. The molecule has 108 valence electrons. The minimum atomic E-state index is -0.0875. The maximum absolute atomic E-state index is 12.7. The van der Waals surface area contributed by atoms with Gasteiger partial charge in [-0.2, -0.15) is 0 Å². The molecule has 3 nitrogen and oxygen atoms in total. The molecule has 1 aromatic carbocycles. The zero-order valence-corrected chi connectivity index (χ0v) is 12.8. The summed E-state index contributed by atoms with van der Waals surface area (Å²) in [4.78, 5) is 18.5. The van der Waals surface area contributed by atoms with Crippen molar-refractivity contribution < 1.29 is 4.79 Å². The van der Waals surface area contributed by atoms with Crippen molar-refractivity contribution in [3.63, 3.8) is 0 Å². The Labute approximate surface area is 133 Å². The Morgan fingerprint density at radius 3 is 2.76 bits per heavy atom. The number of halogens is 2. The van der Waals surface area contributed by atoms with E-state index in [1.54, 1.807) is 18.3 Å². The van der Waals surface area contributed by atoms with Crippen LogP contribution in [0.25, 0.3) is 0 Å². The van der Waals surface area contributed by atoms with Crippen LogP contribution in [0.4, 0.5) is 0 Å². The van der Waals surface area contributed by atoms with Crippen molar-refractivity contribution in [1.82, 2.24) is 9.88 Å². The van der Waals surface area contributed by atoms with Crippen molar-refractivity contribution in [3.05, 3.63) is 63.9 Å². The maximum atomic E-state index is 12.7. The zero-order chi connectivity index (χ0) is 14.8. The molecule has 0 spiro atoms. The molecule has 1 saturated heterocycles. The van der Waals surface area contributed by atoms with Gasteiger partial charge in [-0.05, 0) is 36.6 Å². The van der Waals surface area contributed by atoms with Crippen molar-refractivity contribution in [3.8, 4) is 0 Å². The van der Waals surface area contributed by atoms with E-state index < -0.39 is 0 Å². The molecular formula is C16H14Cl2N2O. The number of nitrogens with zero attached hydrogens (tertiary/aromatic N) is 2. The lowest BCUT2D eigenvalue weighted by Crippen LogP contribution is -2.31. The topological polar surface area (TPSA) is 33.2 Å². The Balaban J connectivity index is 1.93. The summed E-state index contributed by atoms with van der Waals surface area (Å²) in [6.07, 6.45) is 3.45. The first-order valence-electron chi connectivity index (χ1n) is 6.84. The molecule has 1 amide bonds. The number of pyridine rings is 1. The molecule has 1 aliphatic rings. The highest BCUT2D eigenvalue weighted by atomic mass is 35.5. The maximum Gasteiger partial charge on any atom is 0.257 e. The Kier molecular flexibility index (Phi) is 4.13. The lowest BCUT2D eigenvalue weighted by molar-refractivity contribution is 0.0735. The molecule has 2 heterocycles. The summed E-state index contributed by atoms with van der Waals surface area (Å²) in [7, 11) is 0. The van der Waals surface area contributed by atoms with Gasteiger partial charge < -0.3 is 4.90 Å². The van der Waals surface area contributed by atoms with Gasteiger partial charge in [0.2, 0.25) is 0 Å². The number of rotatable bonds is 2. The highest BCUT2D eigenvalue weighted by Gasteiger charge is 2.32. The molecule has 2 aromatic rings. The van der Waals surface area contributed by atoms with Gasteiger partial charge in [0.05, 0.1) is 11.6 Å². The predicted molar refractivity (Wildman–Crippen MR) is 83.7 cm³/mol. The van der Waals surface area contributed by atoms with Crippen LogP contribution in [0.15, 0.2) is 42.6 Å². The minimum Gasteiger partial charge on any atom is -0.331 e. The van der Waals surface area contributed by atoms with E-state index >= 15 is 0 Å². The van der Waals surface area contributed by atoms with Crippen LogP contribution in [0.3, 0.4) is 0 Å². The second kappa shape index (κ2) is 6.04. The highest BCUT2D eigenvalue weighted by Crippen LogP contribution is 2.36. The number of carbonyl (C=O) groups is 1. The quantitative estimate of drug-likeness (QED) is 0.770. The molecule has 3 rings (SSSR count). The van der Waals surface area contributed by atoms with Crippen LogP contribution in [0.1, 0.15) is 34.8 Å². The molecular weight excluding hydrogens is 307 g/mol. The average Bonchev–Trinajstić information content (AvgIpc) is 2.97. The molecule has 1 fully saturated rings. The van der Waals surface area contributed by atoms with Crippen LogP contribution in [-0.2, 0) is 0 Å². The summed E-state index contributed by atoms with van der Waals surface area (Å²) in [6, 6.07) is 11.1. The van der Waals surface area contributed by atoms with Gasteiger partial charge >= 0.3 is 0 Å². The Morgan fingerprint density at radius 2 is 2.00 bits per heavy atom. The van der Waals surface area contributed by atoms with Crippen molar-refractivity contribution in [2.24, 2.45) is 0 Å². The van der Waals surface area contributed by atoms with E-state index in [2.05, 4.69) is 4.98 Å². The monoisotopic (exact) mass is 320 g/mol. The van der Waals surface area contributed by atoms with Crippen molar-refractivity contribution >= 4 is 29.1 Å². The number of aromatic nitrogens is 1. The predicted octanol–water partition coefficient (Wildman–Crippen LogP) is 4.37. The Morgan fingerprint density at radius 1 is 1.19 bits per heavy atom. The summed E-state index contributed by atoms with van der Waals surface area (Å²) >= 11 is 12.3. The SMILES string of the molecule is O=C(c1cccnc1Cl)N1CCCC1c1ccccc1Cl. The summed E-state index contributed by atoms with van der Waals surface area (Å²) in [5.74, 6) is -0.0875. The van der Waals surface area contributed by atoms with Crippen LogP contribution < -0.4 is 0 Å². The molecule has 1 atom stereocenters. The molecule has 1 aromatic heterocycles. The molecule has 0 saturated carbocycles. The lowest BCUT2D eigenvalue weighted by atomic mass is 10.0. The number of benzene rings is 1. The third-order valence-electron chi connectivity index (χ3n) is 3.77. The van der Waals surface area contributed by atoms with Crippen LogP contribution in [0.5, 0.6) is 0 Å². The summed E-state index contributed by atoms with van der Waals surface area (Å²) < 4.78 is 0. The smallest absolute Gasteiger partial charge is 0.257 e. The van der Waals surface area contributed by atoms with Crippen LogP contribution in [0.2, 0.25) is 10.2 Å². The first kappa shape index (κ1) is 14.4. The van der Waals surface area contributed by atoms with Gasteiger partial charge in [0, 0.05) is 17.8 Å². The van der Waals surface area contributed by atoms with Crippen molar-refractivity contribution in [2.45, 2.75) is 18.9 Å². The first-order valence-corrected chi connectivity index (χ1v) is 7.60. The van der Waals surface area contributed by atoms with Gasteiger partial charge in [-0.1, -0.05) is 41.4 Å². The fourth-order valence-corrected chi connectivity index (χ4v) is 3.24. The molecule has 1 aliphatic heterocycles. The van der Waals surface area contributed by atoms with Crippen molar-refractivity contribution in [2.75, 3.05) is 6.54 Å². The average molecular weight is 321 g/mol. The van der Waals surface area contributed by atoms with Gasteiger partial charge in [-0.25, -0.2) is 4.98 Å². The zero-order valence-electron chi connectivity index (χ0n) is 11.3. The molecule has 0 N–H and O–H groups in total. The van der Waals surface area contributed by atoms with E-state index in [1.165, 1.54) is 0 Å². The van der Waals surface area contributed by atoms with E-state index in [4.69, 9.17) is 23.2 Å².